The minimum Gasteiger partial charge on any atom is -0.396 e. The van der Waals surface area contributed by atoms with Crippen LogP contribution < -0.4 is 0 Å². The molecule has 1 N–H and O–H groups in total. The van der Waals surface area contributed by atoms with E-state index in [0.29, 0.717) is 12.5 Å². The largest absolute Gasteiger partial charge is 0.396 e. The fourth-order valence-corrected chi connectivity index (χ4v) is 3.07. The lowest BCUT2D eigenvalue weighted by atomic mass is 9.94. The average molecular weight is 278 g/mol. The van der Waals surface area contributed by atoms with Gasteiger partial charge in [-0.25, -0.2) is 0 Å². The summed E-state index contributed by atoms with van der Waals surface area (Å²) in [6, 6.07) is 0. The summed E-state index contributed by atoms with van der Waals surface area (Å²) in [4.78, 5) is 2.55. The first-order valence-electron chi connectivity index (χ1n) is 6.06. The molecule has 1 atom stereocenters. The Kier molecular flexibility index (Phi) is 6.17. The third kappa shape index (κ3) is 4.41. The molecule has 0 saturated carbocycles. The number of aliphatic hydroxyl groups excluding tert-OH is 1. The number of hydrogen-bond donors (Lipinski definition) is 1. The van der Waals surface area contributed by atoms with Crippen molar-refractivity contribution in [3.05, 3.63) is 0 Å². The number of aliphatic hydroxyl groups is 1. The molecule has 0 spiro atoms. The highest BCUT2D eigenvalue weighted by molar-refractivity contribution is 9.09. The summed E-state index contributed by atoms with van der Waals surface area (Å²) in [6.45, 7) is 8.52. The van der Waals surface area contributed by atoms with Gasteiger partial charge in [-0.05, 0) is 43.7 Å². The molecule has 0 bridgehead atoms. The lowest BCUT2D eigenvalue weighted by Crippen LogP contribution is -2.39. The molecule has 1 aliphatic rings. The van der Waals surface area contributed by atoms with E-state index in [2.05, 4.69) is 34.7 Å². The van der Waals surface area contributed by atoms with Crippen molar-refractivity contribution in [2.24, 2.45) is 17.8 Å². The van der Waals surface area contributed by atoms with Crippen molar-refractivity contribution in [2.75, 3.05) is 31.6 Å². The second-order valence-corrected chi connectivity index (χ2v) is 5.73. The minimum atomic E-state index is 0.375. The molecule has 0 amide bonds. The van der Waals surface area contributed by atoms with E-state index in [1.807, 2.05) is 0 Å². The van der Waals surface area contributed by atoms with Crippen LogP contribution in [0.25, 0.3) is 0 Å². The van der Waals surface area contributed by atoms with Gasteiger partial charge in [0.05, 0.1) is 0 Å². The Bertz CT molecular complexity index is 167. The maximum absolute atomic E-state index is 9.07. The van der Waals surface area contributed by atoms with Crippen LogP contribution in [0.1, 0.15) is 26.7 Å². The van der Waals surface area contributed by atoms with Crippen molar-refractivity contribution in [3.8, 4) is 0 Å². The van der Waals surface area contributed by atoms with Gasteiger partial charge in [-0.1, -0.05) is 29.8 Å². The molecule has 0 aromatic heterocycles. The monoisotopic (exact) mass is 277 g/mol. The summed E-state index contributed by atoms with van der Waals surface area (Å²) in [5, 5.41) is 10.2. The molecule has 3 heteroatoms. The lowest BCUT2D eigenvalue weighted by Gasteiger charge is -2.34. The predicted molar refractivity (Wildman–Crippen MR) is 68.4 cm³/mol. The van der Waals surface area contributed by atoms with Gasteiger partial charge < -0.3 is 10.0 Å². The molecule has 1 aliphatic heterocycles. The molecule has 2 nitrogen and oxygen atoms in total. The van der Waals surface area contributed by atoms with Gasteiger partial charge in [-0.3, -0.25) is 0 Å². The Morgan fingerprint density at radius 3 is 2.33 bits per heavy atom. The highest BCUT2D eigenvalue weighted by Gasteiger charge is 2.21. The van der Waals surface area contributed by atoms with Crippen molar-refractivity contribution in [1.82, 2.24) is 4.90 Å². The third-order valence-electron chi connectivity index (χ3n) is 3.60. The van der Waals surface area contributed by atoms with Gasteiger partial charge in [0.1, 0.15) is 0 Å². The van der Waals surface area contributed by atoms with Gasteiger partial charge in [-0.15, -0.1) is 0 Å². The van der Waals surface area contributed by atoms with Gasteiger partial charge in [0.2, 0.25) is 0 Å². The summed E-state index contributed by atoms with van der Waals surface area (Å²) in [6.07, 6.45) is 2.34. The predicted octanol–water partition coefficient (Wildman–Crippen LogP) is 2.36. The van der Waals surface area contributed by atoms with E-state index in [-0.39, 0.29) is 0 Å². The quantitative estimate of drug-likeness (QED) is 0.780. The van der Waals surface area contributed by atoms with Crippen LogP contribution in [0.5, 0.6) is 0 Å². The fraction of sp³-hybridized carbons (Fsp3) is 1.00. The summed E-state index contributed by atoms with van der Waals surface area (Å²) >= 11 is 3.60. The molecule has 1 fully saturated rings. The second kappa shape index (κ2) is 6.87. The fourth-order valence-electron chi connectivity index (χ4n) is 2.12. The number of alkyl halides is 1. The SMILES string of the molecule is CC(C)C(CBr)CN1CCC(CO)CC1. The van der Waals surface area contributed by atoms with Gasteiger partial charge in [0.25, 0.3) is 0 Å². The first-order chi connectivity index (χ1) is 7.17. The third-order valence-corrected chi connectivity index (χ3v) is 4.43. The summed E-state index contributed by atoms with van der Waals surface area (Å²) in [5.41, 5.74) is 0. The highest BCUT2D eigenvalue weighted by atomic mass is 79.9. The summed E-state index contributed by atoms with van der Waals surface area (Å²) < 4.78 is 0. The number of nitrogens with zero attached hydrogens (tertiary/aromatic N) is 1. The van der Waals surface area contributed by atoms with Crippen molar-refractivity contribution in [3.63, 3.8) is 0 Å². The molecule has 1 saturated heterocycles. The maximum Gasteiger partial charge on any atom is 0.0460 e. The van der Waals surface area contributed by atoms with E-state index in [9.17, 15) is 0 Å². The van der Waals surface area contributed by atoms with Crippen LogP contribution in [0, 0.1) is 17.8 Å². The van der Waals surface area contributed by atoms with E-state index < -0.39 is 0 Å². The van der Waals surface area contributed by atoms with E-state index in [4.69, 9.17) is 5.11 Å². The molecule has 0 aromatic carbocycles. The number of piperidine rings is 1. The zero-order valence-electron chi connectivity index (χ0n) is 9.95. The molecule has 1 heterocycles. The summed E-state index contributed by atoms with van der Waals surface area (Å²) in [7, 11) is 0. The van der Waals surface area contributed by atoms with Crippen molar-refractivity contribution in [1.29, 1.82) is 0 Å². The molecule has 1 unspecified atom stereocenters. The number of likely N-dealkylation sites (tertiary alicyclic amines) is 1. The van der Waals surface area contributed by atoms with Crippen molar-refractivity contribution >= 4 is 15.9 Å². The molecule has 15 heavy (non-hydrogen) atoms. The zero-order valence-corrected chi connectivity index (χ0v) is 11.5. The van der Waals surface area contributed by atoms with Gasteiger partial charge in [0.15, 0.2) is 0 Å². The van der Waals surface area contributed by atoms with E-state index in [1.165, 1.54) is 32.5 Å². The standard InChI is InChI=1S/C12H24BrNO/c1-10(2)12(7-13)8-14-5-3-11(9-15)4-6-14/h10-12,15H,3-9H2,1-2H3. The summed E-state index contributed by atoms with van der Waals surface area (Å²) in [5.74, 6) is 2.07. The van der Waals surface area contributed by atoms with Crippen LogP contribution in [-0.4, -0.2) is 41.6 Å². The highest BCUT2D eigenvalue weighted by Crippen LogP contribution is 2.20. The van der Waals surface area contributed by atoms with Crippen LogP contribution in [0.3, 0.4) is 0 Å². The number of halogens is 1. The van der Waals surface area contributed by atoms with Crippen LogP contribution in [0.15, 0.2) is 0 Å². The van der Waals surface area contributed by atoms with Crippen LogP contribution in [0.4, 0.5) is 0 Å². The van der Waals surface area contributed by atoms with Crippen LogP contribution in [-0.2, 0) is 0 Å². The Morgan fingerprint density at radius 1 is 1.33 bits per heavy atom. The number of hydrogen-bond acceptors (Lipinski definition) is 2. The smallest absolute Gasteiger partial charge is 0.0460 e. The topological polar surface area (TPSA) is 23.5 Å². The Balaban J connectivity index is 2.28. The van der Waals surface area contributed by atoms with Crippen molar-refractivity contribution in [2.45, 2.75) is 26.7 Å². The van der Waals surface area contributed by atoms with E-state index in [1.54, 1.807) is 0 Å². The van der Waals surface area contributed by atoms with Gasteiger partial charge in [0, 0.05) is 18.5 Å². The first-order valence-corrected chi connectivity index (χ1v) is 7.18. The normalized spacial score (nSPS) is 22.2. The molecular weight excluding hydrogens is 254 g/mol. The first kappa shape index (κ1) is 13.5. The Morgan fingerprint density at radius 2 is 1.93 bits per heavy atom. The lowest BCUT2D eigenvalue weighted by molar-refractivity contribution is 0.116. The van der Waals surface area contributed by atoms with Gasteiger partial charge >= 0.3 is 0 Å². The van der Waals surface area contributed by atoms with Crippen LogP contribution in [0.2, 0.25) is 0 Å². The maximum atomic E-state index is 9.07. The number of rotatable bonds is 5. The van der Waals surface area contributed by atoms with E-state index >= 15 is 0 Å². The molecule has 90 valence electrons. The van der Waals surface area contributed by atoms with Gasteiger partial charge in [-0.2, -0.15) is 0 Å². The van der Waals surface area contributed by atoms with Crippen LogP contribution >= 0.6 is 15.9 Å². The molecule has 0 aromatic rings. The second-order valence-electron chi connectivity index (χ2n) is 5.08. The molecule has 1 rings (SSSR count). The van der Waals surface area contributed by atoms with E-state index in [0.717, 1.165) is 17.2 Å². The molecule has 0 aliphatic carbocycles. The Labute approximate surface area is 102 Å². The Hall–Kier alpha value is 0.400. The molecule has 0 radical (unpaired) electrons. The zero-order chi connectivity index (χ0) is 11.3. The average Bonchev–Trinajstić information content (AvgIpc) is 2.26. The minimum absolute atomic E-state index is 0.375. The van der Waals surface area contributed by atoms with Crippen molar-refractivity contribution < 1.29 is 5.11 Å². The molecular formula is C12H24BrNO.